The largest absolute Gasteiger partial charge is 0.433 e. The molecule has 0 saturated carbocycles. The van der Waals surface area contributed by atoms with Crippen molar-refractivity contribution in [3.8, 4) is 11.6 Å². The zero-order valence-electron chi connectivity index (χ0n) is 18.0. The van der Waals surface area contributed by atoms with Gasteiger partial charge < -0.3 is 15.0 Å². The number of benzene rings is 2. The molecule has 0 atom stereocenters. The summed E-state index contributed by atoms with van der Waals surface area (Å²) in [6.45, 7) is 0.147. The van der Waals surface area contributed by atoms with E-state index in [0.717, 1.165) is 11.8 Å². The van der Waals surface area contributed by atoms with Crippen molar-refractivity contribution in [1.82, 2.24) is 14.9 Å². The summed E-state index contributed by atoms with van der Waals surface area (Å²) in [7, 11) is -0.769. The van der Waals surface area contributed by atoms with Gasteiger partial charge in [0.2, 0.25) is 15.7 Å². The van der Waals surface area contributed by atoms with Gasteiger partial charge in [0.15, 0.2) is 0 Å². The number of carbonyl (C=O) groups is 1. The minimum absolute atomic E-state index is 0.0676. The van der Waals surface area contributed by atoms with E-state index in [1.165, 1.54) is 23.1 Å². The van der Waals surface area contributed by atoms with Crippen LogP contribution in [-0.4, -0.2) is 54.5 Å². The first-order chi connectivity index (χ1) is 15.6. The Hall–Kier alpha value is -4.06. The fourth-order valence-corrected chi connectivity index (χ4v) is 3.29. The second kappa shape index (κ2) is 9.61. The number of amides is 1. The molecule has 2 aromatic carbocycles. The molecule has 0 saturated heterocycles. The number of carbonyl (C=O) groups excluding carboxylic acids is 1. The quantitative estimate of drug-likeness (QED) is 0.298. The number of nitrogens with zero attached hydrogens (tertiary/aromatic N) is 4. The lowest BCUT2D eigenvalue weighted by Gasteiger charge is -2.13. The van der Waals surface area contributed by atoms with Crippen LogP contribution in [0.25, 0.3) is 0 Å². The van der Waals surface area contributed by atoms with E-state index in [-0.39, 0.29) is 29.6 Å². The summed E-state index contributed by atoms with van der Waals surface area (Å²) >= 11 is 0. The number of aromatic nitrogens is 2. The Bertz CT molecular complexity index is 1300. The molecule has 0 unspecified atom stereocenters. The van der Waals surface area contributed by atoms with E-state index >= 15 is 0 Å². The van der Waals surface area contributed by atoms with Crippen LogP contribution in [0.1, 0.15) is 15.9 Å². The van der Waals surface area contributed by atoms with Gasteiger partial charge in [-0.1, -0.05) is 36.4 Å². The van der Waals surface area contributed by atoms with Crippen molar-refractivity contribution < 1.29 is 22.9 Å². The molecule has 0 fully saturated rings. The Kier molecular flexibility index (Phi) is 6.87. The van der Waals surface area contributed by atoms with Crippen molar-refractivity contribution in [2.24, 2.45) is 0 Å². The van der Waals surface area contributed by atoms with Crippen LogP contribution < -0.4 is 10.1 Å². The fraction of sp³-hybridized carbons (Fsp3) is 0.190. The molecule has 0 bridgehead atoms. The van der Waals surface area contributed by atoms with Crippen LogP contribution in [0.3, 0.4) is 0 Å². The molecular formula is C21H21N5O6S. The Balaban J connectivity index is 2.07. The minimum atomic E-state index is -3.92. The molecule has 12 heteroatoms. The van der Waals surface area contributed by atoms with Crippen LogP contribution in [0.5, 0.6) is 11.6 Å². The highest BCUT2D eigenvalue weighted by Gasteiger charge is 2.30. The van der Waals surface area contributed by atoms with E-state index in [9.17, 15) is 23.3 Å². The number of hydrogen-bond acceptors (Lipinski definition) is 9. The van der Waals surface area contributed by atoms with Gasteiger partial charge in [0.1, 0.15) is 5.75 Å². The molecule has 0 radical (unpaired) electrons. The Labute approximate surface area is 190 Å². The molecular weight excluding hydrogens is 450 g/mol. The normalized spacial score (nSPS) is 11.0. The smallest absolute Gasteiger partial charge is 0.373 e. The van der Waals surface area contributed by atoms with Gasteiger partial charge in [-0.25, -0.2) is 8.42 Å². The first-order valence-electron chi connectivity index (χ1n) is 9.60. The van der Waals surface area contributed by atoms with Gasteiger partial charge in [-0.15, -0.1) is 0 Å². The molecule has 0 aliphatic carbocycles. The van der Waals surface area contributed by atoms with E-state index in [2.05, 4.69) is 15.3 Å². The van der Waals surface area contributed by atoms with Crippen LogP contribution in [0.15, 0.2) is 59.8 Å². The Morgan fingerprint density at radius 2 is 1.82 bits per heavy atom. The third kappa shape index (κ3) is 5.80. The minimum Gasteiger partial charge on any atom is -0.433 e. The zero-order valence-corrected chi connectivity index (χ0v) is 18.9. The third-order valence-corrected chi connectivity index (χ3v) is 5.20. The van der Waals surface area contributed by atoms with Crippen molar-refractivity contribution >= 4 is 27.2 Å². The van der Waals surface area contributed by atoms with E-state index in [0.29, 0.717) is 0 Å². The first kappa shape index (κ1) is 23.6. The lowest BCUT2D eigenvalue weighted by molar-refractivity contribution is -0.385. The average molecular weight is 471 g/mol. The number of nitro groups is 1. The van der Waals surface area contributed by atoms with Crippen molar-refractivity contribution in [2.45, 2.75) is 11.7 Å². The molecule has 1 heterocycles. The molecule has 0 spiro atoms. The van der Waals surface area contributed by atoms with Gasteiger partial charge in [0, 0.05) is 32.5 Å². The lowest BCUT2D eigenvalue weighted by atomic mass is 10.2. The van der Waals surface area contributed by atoms with E-state index < -0.39 is 31.5 Å². The topological polar surface area (TPSA) is 145 Å². The number of hydrogen-bond donors (Lipinski definition) is 1. The molecule has 1 amide bonds. The maximum Gasteiger partial charge on any atom is 0.373 e. The number of ether oxygens (including phenoxy) is 1. The number of anilines is 1. The van der Waals surface area contributed by atoms with Crippen LogP contribution in [0, 0.1) is 10.1 Å². The zero-order chi connectivity index (χ0) is 24.2. The van der Waals surface area contributed by atoms with Crippen molar-refractivity contribution in [3.05, 3.63) is 75.8 Å². The number of nitrogens with one attached hydrogen (secondary N) is 1. The summed E-state index contributed by atoms with van der Waals surface area (Å²) in [5.74, 6) is -1.12. The van der Waals surface area contributed by atoms with Gasteiger partial charge in [-0.05, 0) is 23.8 Å². The average Bonchev–Trinajstić information content (AvgIpc) is 2.76. The fourth-order valence-electron chi connectivity index (χ4n) is 2.78. The maximum absolute atomic E-state index is 12.2. The van der Waals surface area contributed by atoms with Gasteiger partial charge in [0.25, 0.3) is 11.1 Å². The summed E-state index contributed by atoms with van der Waals surface area (Å²) in [6, 6.07) is 14.9. The number of rotatable bonds is 8. The first-order valence-corrected chi connectivity index (χ1v) is 11.5. The molecule has 0 aliphatic rings. The molecule has 33 heavy (non-hydrogen) atoms. The van der Waals surface area contributed by atoms with Crippen LogP contribution in [0.4, 0.5) is 11.5 Å². The molecule has 1 aromatic heterocycles. The predicted octanol–water partition coefficient (Wildman–Crippen LogP) is 2.89. The molecule has 172 valence electrons. The summed E-state index contributed by atoms with van der Waals surface area (Å²) in [5, 5.41) is 14.0. The molecule has 3 aromatic rings. The van der Waals surface area contributed by atoms with Crippen LogP contribution in [-0.2, 0) is 16.4 Å². The molecule has 0 aliphatic heterocycles. The van der Waals surface area contributed by atoms with Crippen LogP contribution >= 0.6 is 0 Å². The maximum atomic E-state index is 12.2. The molecule has 11 nitrogen and oxygen atoms in total. The summed E-state index contributed by atoms with van der Waals surface area (Å²) in [5.41, 5.74) is 0.436. The molecule has 1 N–H and O–H groups in total. The molecule has 3 rings (SSSR count). The van der Waals surface area contributed by atoms with E-state index in [4.69, 9.17) is 4.74 Å². The predicted molar refractivity (Wildman–Crippen MR) is 120 cm³/mol. The summed E-state index contributed by atoms with van der Waals surface area (Å²) < 4.78 is 29.9. The lowest BCUT2D eigenvalue weighted by Crippen LogP contribution is -2.21. The van der Waals surface area contributed by atoms with E-state index in [1.54, 1.807) is 44.4 Å². The highest BCUT2D eigenvalue weighted by atomic mass is 32.2. The third-order valence-electron chi connectivity index (χ3n) is 4.35. The summed E-state index contributed by atoms with van der Waals surface area (Å²) in [4.78, 5) is 32.3. The highest BCUT2D eigenvalue weighted by molar-refractivity contribution is 7.90. The van der Waals surface area contributed by atoms with Gasteiger partial charge >= 0.3 is 11.6 Å². The van der Waals surface area contributed by atoms with Crippen molar-refractivity contribution in [3.63, 3.8) is 0 Å². The summed E-state index contributed by atoms with van der Waals surface area (Å²) in [6.07, 6.45) is 0.884. The van der Waals surface area contributed by atoms with Crippen LogP contribution in [0.2, 0.25) is 0 Å². The monoisotopic (exact) mass is 471 g/mol. The van der Waals surface area contributed by atoms with Crippen molar-refractivity contribution in [2.75, 3.05) is 25.7 Å². The number of sulfone groups is 1. The highest BCUT2D eigenvalue weighted by Crippen LogP contribution is 2.36. The SMILES string of the molecule is CN(C)C(=O)c1cccc(Oc2nc(S(C)(=O)=O)nc(NCc3ccccc3)c2[N+](=O)[O-])c1. The Morgan fingerprint density at radius 3 is 2.42 bits per heavy atom. The Morgan fingerprint density at radius 1 is 1.12 bits per heavy atom. The standard InChI is InChI=1S/C21H21N5O6S/c1-25(2)20(27)15-10-7-11-16(12-15)32-19-17(26(28)29)18(23-21(24-19)33(3,30)31)22-13-14-8-5-4-6-9-14/h4-12H,13H2,1-3H3,(H,22,23,24). The van der Waals surface area contributed by atoms with Gasteiger partial charge in [0.05, 0.1) is 4.92 Å². The second-order valence-electron chi connectivity index (χ2n) is 7.21. The van der Waals surface area contributed by atoms with Gasteiger partial charge in [-0.2, -0.15) is 9.97 Å². The van der Waals surface area contributed by atoms with Gasteiger partial charge in [-0.3, -0.25) is 14.9 Å². The second-order valence-corrected chi connectivity index (χ2v) is 9.12. The van der Waals surface area contributed by atoms with Crippen molar-refractivity contribution in [1.29, 1.82) is 0 Å². The van der Waals surface area contributed by atoms with E-state index in [1.807, 2.05) is 6.07 Å².